The molecule has 4 heteroatoms. The predicted octanol–water partition coefficient (Wildman–Crippen LogP) is 4.48. The summed E-state index contributed by atoms with van der Waals surface area (Å²) < 4.78 is 13.8. The third-order valence-corrected chi connectivity index (χ3v) is 3.51. The van der Waals surface area contributed by atoms with Crippen molar-refractivity contribution < 1.29 is 4.39 Å². The molecule has 0 bridgehead atoms. The predicted molar refractivity (Wildman–Crippen MR) is 88.7 cm³/mol. The van der Waals surface area contributed by atoms with E-state index < -0.39 is 0 Å². The minimum absolute atomic E-state index is 0.223. The molecule has 0 aliphatic carbocycles. The van der Waals surface area contributed by atoms with Crippen LogP contribution in [0.2, 0.25) is 0 Å². The van der Waals surface area contributed by atoms with Crippen molar-refractivity contribution >= 4 is 22.9 Å². The molecule has 0 saturated heterocycles. The lowest BCUT2D eigenvalue weighted by Gasteiger charge is -2.09. The van der Waals surface area contributed by atoms with E-state index in [1.807, 2.05) is 0 Å². The molecule has 2 nitrogen and oxygen atoms in total. The number of rotatable bonds is 9. The Morgan fingerprint density at radius 1 is 1.25 bits per heavy atom. The van der Waals surface area contributed by atoms with Gasteiger partial charge < -0.3 is 11.1 Å². The number of anilines is 1. The quantitative estimate of drug-likeness (QED) is 0.521. The molecule has 20 heavy (non-hydrogen) atoms. The molecule has 0 aliphatic rings. The van der Waals surface area contributed by atoms with E-state index in [-0.39, 0.29) is 10.8 Å². The summed E-state index contributed by atoms with van der Waals surface area (Å²) in [5, 5.41) is 3.12. The van der Waals surface area contributed by atoms with Crippen molar-refractivity contribution in [1.82, 2.24) is 0 Å². The van der Waals surface area contributed by atoms with Gasteiger partial charge in [-0.1, -0.05) is 51.7 Å². The van der Waals surface area contributed by atoms with Crippen molar-refractivity contribution in [3.05, 3.63) is 29.6 Å². The molecular formula is C16H25FN2S. The Labute approximate surface area is 126 Å². The zero-order valence-corrected chi connectivity index (χ0v) is 13.2. The lowest BCUT2D eigenvalue weighted by Crippen LogP contribution is -2.10. The Hall–Kier alpha value is -1.16. The highest BCUT2D eigenvalue weighted by molar-refractivity contribution is 7.80. The van der Waals surface area contributed by atoms with Crippen LogP contribution in [0.4, 0.5) is 10.1 Å². The van der Waals surface area contributed by atoms with Crippen molar-refractivity contribution in [2.45, 2.75) is 46.0 Å². The highest BCUT2D eigenvalue weighted by Crippen LogP contribution is 2.16. The number of unbranched alkanes of at least 4 members (excludes halogenated alkanes) is 3. The summed E-state index contributed by atoms with van der Waals surface area (Å²) in [6.45, 7) is 5.30. The Kier molecular flexibility index (Phi) is 7.52. The molecule has 3 N–H and O–H groups in total. The molecule has 0 atom stereocenters. The zero-order valence-electron chi connectivity index (χ0n) is 12.4. The van der Waals surface area contributed by atoms with Gasteiger partial charge in [-0.3, -0.25) is 0 Å². The van der Waals surface area contributed by atoms with Crippen molar-refractivity contribution in [3.63, 3.8) is 0 Å². The Bertz CT molecular complexity index is 432. The van der Waals surface area contributed by atoms with Gasteiger partial charge in [-0.15, -0.1) is 0 Å². The maximum atomic E-state index is 13.8. The topological polar surface area (TPSA) is 38.0 Å². The standard InChI is InChI=1S/C16H25FN2S/c1-12(2)7-5-3-4-6-10-19-15-9-8-13(16(18)20)11-14(15)17/h8-9,11-12,19H,3-7,10H2,1-2H3,(H2,18,20). The van der Waals surface area contributed by atoms with Gasteiger partial charge in [-0.25, -0.2) is 4.39 Å². The summed E-state index contributed by atoms with van der Waals surface area (Å²) in [6, 6.07) is 4.83. The average Bonchev–Trinajstić information content (AvgIpc) is 2.38. The van der Waals surface area contributed by atoms with Gasteiger partial charge in [0.15, 0.2) is 0 Å². The second-order valence-corrected chi connectivity index (χ2v) is 6.02. The molecule has 0 heterocycles. The molecule has 112 valence electrons. The molecule has 0 fully saturated rings. The fourth-order valence-electron chi connectivity index (χ4n) is 2.07. The third kappa shape index (κ3) is 6.33. The number of halogens is 1. The average molecular weight is 296 g/mol. The van der Waals surface area contributed by atoms with Crippen molar-refractivity contribution in [1.29, 1.82) is 0 Å². The number of nitrogens with two attached hydrogens (primary N) is 1. The van der Waals surface area contributed by atoms with Crippen LogP contribution in [-0.4, -0.2) is 11.5 Å². The highest BCUT2D eigenvalue weighted by atomic mass is 32.1. The summed E-state index contributed by atoms with van der Waals surface area (Å²) in [7, 11) is 0. The second kappa shape index (κ2) is 8.90. The number of thiocarbonyl (C=S) groups is 1. The van der Waals surface area contributed by atoms with E-state index in [1.165, 1.54) is 31.7 Å². The molecule has 0 saturated carbocycles. The fraction of sp³-hybridized carbons (Fsp3) is 0.562. The van der Waals surface area contributed by atoms with E-state index in [1.54, 1.807) is 12.1 Å². The first-order valence-electron chi connectivity index (χ1n) is 7.34. The minimum Gasteiger partial charge on any atom is -0.389 e. The second-order valence-electron chi connectivity index (χ2n) is 5.58. The van der Waals surface area contributed by atoms with Gasteiger partial charge in [-0.2, -0.15) is 0 Å². The Morgan fingerprint density at radius 2 is 1.95 bits per heavy atom. The van der Waals surface area contributed by atoms with Crippen molar-refractivity contribution in [2.24, 2.45) is 11.7 Å². The van der Waals surface area contributed by atoms with Crippen molar-refractivity contribution in [2.75, 3.05) is 11.9 Å². The molecule has 0 aromatic heterocycles. The molecule has 0 amide bonds. The first-order valence-corrected chi connectivity index (χ1v) is 7.74. The smallest absolute Gasteiger partial charge is 0.146 e. The minimum atomic E-state index is -0.296. The Morgan fingerprint density at radius 3 is 2.55 bits per heavy atom. The summed E-state index contributed by atoms with van der Waals surface area (Å²) in [5.41, 5.74) is 6.55. The van der Waals surface area contributed by atoms with E-state index >= 15 is 0 Å². The number of nitrogens with one attached hydrogen (secondary N) is 1. The van der Waals surface area contributed by atoms with Crippen LogP contribution in [0.5, 0.6) is 0 Å². The lowest BCUT2D eigenvalue weighted by atomic mass is 10.0. The van der Waals surface area contributed by atoms with Crippen LogP contribution in [-0.2, 0) is 0 Å². The molecule has 0 spiro atoms. The summed E-state index contributed by atoms with van der Waals surface area (Å²) in [4.78, 5) is 0.223. The fourth-order valence-corrected chi connectivity index (χ4v) is 2.19. The number of benzene rings is 1. The maximum Gasteiger partial charge on any atom is 0.146 e. The molecule has 1 aromatic rings. The molecule has 1 rings (SSSR count). The van der Waals surface area contributed by atoms with Gasteiger partial charge in [-0.05, 0) is 30.5 Å². The van der Waals surface area contributed by atoms with Gasteiger partial charge >= 0.3 is 0 Å². The Balaban J connectivity index is 2.24. The van der Waals surface area contributed by atoms with Gasteiger partial charge in [0.05, 0.1) is 5.69 Å². The van der Waals surface area contributed by atoms with Crippen LogP contribution in [0.15, 0.2) is 18.2 Å². The number of hydrogen-bond acceptors (Lipinski definition) is 2. The van der Waals surface area contributed by atoms with Crippen LogP contribution in [0.25, 0.3) is 0 Å². The van der Waals surface area contributed by atoms with Gasteiger partial charge in [0.2, 0.25) is 0 Å². The van der Waals surface area contributed by atoms with E-state index in [4.69, 9.17) is 18.0 Å². The van der Waals surface area contributed by atoms with Crippen LogP contribution in [0, 0.1) is 11.7 Å². The van der Waals surface area contributed by atoms with Crippen LogP contribution in [0.3, 0.4) is 0 Å². The van der Waals surface area contributed by atoms with Crippen LogP contribution in [0.1, 0.15) is 51.5 Å². The lowest BCUT2D eigenvalue weighted by molar-refractivity contribution is 0.522. The monoisotopic (exact) mass is 296 g/mol. The first-order chi connectivity index (χ1) is 9.50. The summed E-state index contributed by atoms with van der Waals surface area (Å²) in [5.74, 6) is 0.490. The van der Waals surface area contributed by atoms with Crippen molar-refractivity contribution in [3.8, 4) is 0 Å². The SMILES string of the molecule is CC(C)CCCCCCNc1ccc(C(N)=S)cc1F. The van der Waals surface area contributed by atoms with E-state index in [2.05, 4.69) is 19.2 Å². The highest BCUT2D eigenvalue weighted by Gasteiger charge is 2.04. The van der Waals surface area contributed by atoms with Crippen LogP contribution >= 0.6 is 12.2 Å². The number of hydrogen-bond donors (Lipinski definition) is 2. The first kappa shape index (κ1) is 16.9. The van der Waals surface area contributed by atoms with E-state index in [0.717, 1.165) is 18.9 Å². The third-order valence-electron chi connectivity index (χ3n) is 3.28. The largest absolute Gasteiger partial charge is 0.389 e. The van der Waals surface area contributed by atoms with Gasteiger partial charge in [0, 0.05) is 12.1 Å². The summed E-state index contributed by atoms with van der Waals surface area (Å²) in [6.07, 6.45) is 6.08. The van der Waals surface area contributed by atoms with Crippen LogP contribution < -0.4 is 11.1 Å². The molecule has 1 aromatic carbocycles. The van der Waals surface area contributed by atoms with E-state index in [9.17, 15) is 4.39 Å². The molecular weight excluding hydrogens is 271 g/mol. The molecule has 0 unspecified atom stereocenters. The summed E-state index contributed by atoms with van der Waals surface area (Å²) >= 11 is 4.82. The van der Waals surface area contributed by atoms with Gasteiger partial charge in [0.1, 0.15) is 10.8 Å². The molecule has 0 aliphatic heterocycles. The normalized spacial score (nSPS) is 10.8. The van der Waals surface area contributed by atoms with E-state index in [0.29, 0.717) is 11.3 Å². The maximum absolute atomic E-state index is 13.8. The van der Waals surface area contributed by atoms with Gasteiger partial charge in [0.25, 0.3) is 0 Å². The zero-order chi connectivity index (χ0) is 15.0. The molecule has 0 radical (unpaired) electrons.